The highest BCUT2D eigenvalue weighted by Gasteiger charge is 2.40. The van der Waals surface area contributed by atoms with Crippen molar-refractivity contribution in [2.24, 2.45) is 0 Å². The highest BCUT2D eigenvalue weighted by molar-refractivity contribution is 5.98. The molecule has 3 N–H and O–H groups in total. The molecule has 6 rings (SSSR count). The number of imidazole rings is 1. The van der Waals surface area contributed by atoms with Gasteiger partial charge in [-0.3, -0.25) is 9.69 Å². The molecular weight excluding hydrogens is 494 g/mol. The van der Waals surface area contributed by atoms with E-state index in [4.69, 9.17) is 14.5 Å². The monoisotopic (exact) mass is 527 g/mol. The van der Waals surface area contributed by atoms with Crippen LogP contribution in [0.1, 0.15) is 36.0 Å². The summed E-state index contributed by atoms with van der Waals surface area (Å²) in [6, 6.07) is 14.5. The van der Waals surface area contributed by atoms with Crippen LogP contribution >= 0.6 is 0 Å². The molecule has 1 saturated carbocycles. The highest BCUT2D eigenvalue weighted by atomic mass is 16.5. The van der Waals surface area contributed by atoms with E-state index in [1.165, 1.54) is 12.8 Å². The van der Waals surface area contributed by atoms with Crippen LogP contribution in [0.25, 0.3) is 33.5 Å². The summed E-state index contributed by atoms with van der Waals surface area (Å²) in [6.45, 7) is 3.97. The van der Waals surface area contributed by atoms with E-state index in [0.717, 1.165) is 55.8 Å². The lowest BCUT2D eigenvalue weighted by atomic mass is 9.94. The Morgan fingerprint density at radius 1 is 1.13 bits per heavy atom. The number of phenols is 1. The number of aromatic nitrogens is 3. The van der Waals surface area contributed by atoms with Gasteiger partial charge < -0.3 is 24.9 Å². The summed E-state index contributed by atoms with van der Waals surface area (Å²) in [5, 5.41) is 13.9. The predicted octanol–water partition coefficient (Wildman–Crippen LogP) is 4.38. The lowest BCUT2D eigenvalue weighted by Gasteiger charge is -2.43. The number of fused-ring (bicyclic) bond motifs is 1. The topological polar surface area (TPSA) is 113 Å². The molecule has 9 nitrogen and oxygen atoms in total. The number of rotatable bonds is 7. The van der Waals surface area contributed by atoms with Crippen LogP contribution in [0.4, 0.5) is 0 Å². The number of nitrogens with one attached hydrogen (secondary N) is 2. The van der Waals surface area contributed by atoms with Crippen LogP contribution in [-0.4, -0.2) is 76.4 Å². The van der Waals surface area contributed by atoms with Crippen LogP contribution in [0.2, 0.25) is 0 Å². The molecule has 2 fully saturated rings. The number of ether oxygens (including phenoxy) is 2. The number of aromatic hydroxyl groups is 1. The highest BCUT2D eigenvalue weighted by Crippen LogP contribution is 2.37. The summed E-state index contributed by atoms with van der Waals surface area (Å²) in [7, 11) is 1.58. The molecule has 1 aliphatic carbocycles. The van der Waals surface area contributed by atoms with Gasteiger partial charge in [-0.15, -0.1) is 0 Å². The third-order valence-corrected chi connectivity index (χ3v) is 8.07. The molecule has 0 bridgehead atoms. The lowest BCUT2D eigenvalue weighted by molar-refractivity contribution is -0.0199. The van der Waals surface area contributed by atoms with E-state index in [1.807, 2.05) is 36.4 Å². The maximum absolute atomic E-state index is 13.2. The average molecular weight is 528 g/mol. The number of H-pyrrole nitrogens is 1. The number of nitrogens with zero attached hydrogens (tertiary/aromatic N) is 3. The lowest BCUT2D eigenvalue weighted by Crippen LogP contribution is -2.57. The SMILES string of the molecule is COc1ncccc1-c1ccc(O)c(-c2nc3cc(C(=O)NCC4(N5CCOCC5)CCCC4)ccc3[nH]2)c1. The predicted molar refractivity (Wildman–Crippen MR) is 149 cm³/mol. The number of hydrogen-bond donors (Lipinski definition) is 3. The molecule has 0 atom stereocenters. The smallest absolute Gasteiger partial charge is 0.251 e. The van der Waals surface area contributed by atoms with Gasteiger partial charge in [0.1, 0.15) is 11.6 Å². The zero-order valence-electron chi connectivity index (χ0n) is 22.1. The van der Waals surface area contributed by atoms with Gasteiger partial charge in [-0.05, 0) is 60.9 Å². The molecule has 1 saturated heterocycles. The quantitative estimate of drug-likeness (QED) is 0.327. The summed E-state index contributed by atoms with van der Waals surface area (Å²) >= 11 is 0. The van der Waals surface area contributed by atoms with Crippen molar-refractivity contribution in [3.05, 3.63) is 60.3 Å². The third kappa shape index (κ3) is 4.95. The molecule has 2 aromatic carbocycles. The van der Waals surface area contributed by atoms with E-state index in [0.29, 0.717) is 34.9 Å². The molecule has 2 aliphatic rings. The number of carbonyl (C=O) groups is 1. The number of aromatic amines is 1. The number of pyridine rings is 1. The Morgan fingerprint density at radius 3 is 2.74 bits per heavy atom. The van der Waals surface area contributed by atoms with E-state index >= 15 is 0 Å². The molecule has 1 aliphatic heterocycles. The molecule has 9 heteroatoms. The second-order valence-corrected chi connectivity index (χ2v) is 10.3. The van der Waals surface area contributed by atoms with Crippen molar-refractivity contribution < 1.29 is 19.4 Å². The van der Waals surface area contributed by atoms with Gasteiger partial charge >= 0.3 is 0 Å². The molecule has 0 unspecified atom stereocenters. The minimum Gasteiger partial charge on any atom is -0.507 e. The van der Waals surface area contributed by atoms with Crippen LogP contribution in [0.5, 0.6) is 11.6 Å². The number of morpholine rings is 1. The Hall–Kier alpha value is -3.95. The van der Waals surface area contributed by atoms with Gasteiger partial charge in [0, 0.05) is 42.5 Å². The summed E-state index contributed by atoms with van der Waals surface area (Å²) in [4.78, 5) is 28.0. The number of carbonyl (C=O) groups excluding carboxylic acids is 1. The van der Waals surface area contributed by atoms with Gasteiger partial charge in [0.15, 0.2) is 0 Å². The van der Waals surface area contributed by atoms with Crippen molar-refractivity contribution in [1.82, 2.24) is 25.2 Å². The van der Waals surface area contributed by atoms with Crippen molar-refractivity contribution >= 4 is 16.9 Å². The normalized spacial score (nSPS) is 17.4. The fourth-order valence-corrected chi connectivity index (χ4v) is 5.96. The fraction of sp³-hybridized carbons (Fsp3) is 0.367. The van der Waals surface area contributed by atoms with Crippen molar-refractivity contribution in [1.29, 1.82) is 0 Å². The Labute approximate surface area is 227 Å². The van der Waals surface area contributed by atoms with Crippen LogP contribution in [0.3, 0.4) is 0 Å². The first kappa shape index (κ1) is 25.3. The fourth-order valence-electron chi connectivity index (χ4n) is 5.96. The minimum atomic E-state index is -0.102. The molecule has 202 valence electrons. The number of amides is 1. The number of hydrogen-bond acceptors (Lipinski definition) is 7. The minimum absolute atomic E-state index is 0.0164. The van der Waals surface area contributed by atoms with Gasteiger partial charge in [0.25, 0.3) is 5.91 Å². The van der Waals surface area contributed by atoms with Crippen molar-refractivity contribution in [3.63, 3.8) is 0 Å². The molecule has 2 aromatic heterocycles. The number of methoxy groups -OCH3 is 1. The second-order valence-electron chi connectivity index (χ2n) is 10.3. The van der Waals surface area contributed by atoms with Crippen LogP contribution in [-0.2, 0) is 4.74 Å². The maximum Gasteiger partial charge on any atom is 0.251 e. The second kappa shape index (κ2) is 10.7. The molecule has 3 heterocycles. The van der Waals surface area contributed by atoms with Gasteiger partial charge in [-0.2, -0.15) is 0 Å². The van der Waals surface area contributed by atoms with E-state index in [2.05, 4.69) is 20.2 Å². The van der Waals surface area contributed by atoms with E-state index < -0.39 is 0 Å². The molecule has 39 heavy (non-hydrogen) atoms. The first-order valence-electron chi connectivity index (χ1n) is 13.5. The Kier molecular flexibility index (Phi) is 6.93. The number of benzene rings is 2. The summed E-state index contributed by atoms with van der Waals surface area (Å²) < 4.78 is 11.0. The van der Waals surface area contributed by atoms with E-state index in [9.17, 15) is 9.90 Å². The average Bonchev–Trinajstić information content (AvgIpc) is 3.64. The van der Waals surface area contributed by atoms with Crippen molar-refractivity contribution in [3.8, 4) is 34.1 Å². The first-order chi connectivity index (χ1) is 19.1. The Morgan fingerprint density at radius 2 is 1.95 bits per heavy atom. The Bertz CT molecular complexity index is 1490. The third-order valence-electron chi connectivity index (χ3n) is 8.07. The summed E-state index contributed by atoms with van der Waals surface area (Å²) in [6.07, 6.45) is 6.26. The molecule has 0 spiro atoms. The first-order valence-corrected chi connectivity index (χ1v) is 13.5. The molecule has 1 amide bonds. The van der Waals surface area contributed by atoms with Crippen molar-refractivity contribution in [2.45, 2.75) is 31.2 Å². The van der Waals surface area contributed by atoms with Crippen LogP contribution < -0.4 is 10.1 Å². The van der Waals surface area contributed by atoms with Gasteiger partial charge in [-0.25, -0.2) is 9.97 Å². The van der Waals surface area contributed by atoms with Crippen LogP contribution in [0, 0.1) is 0 Å². The largest absolute Gasteiger partial charge is 0.507 e. The number of phenolic OH excluding ortho intramolecular Hbond substituents is 1. The zero-order chi connectivity index (χ0) is 26.8. The molecular formula is C30H33N5O4. The molecule has 4 aromatic rings. The summed E-state index contributed by atoms with van der Waals surface area (Å²) in [5.74, 6) is 1.02. The van der Waals surface area contributed by atoms with Gasteiger partial charge in [0.2, 0.25) is 5.88 Å². The maximum atomic E-state index is 13.2. The van der Waals surface area contributed by atoms with Gasteiger partial charge in [-0.1, -0.05) is 18.9 Å². The Balaban J connectivity index is 1.23. The summed E-state index contributed by atoms with van der Waals surface area (Å²) in [5.41, 5.74) is 4.23. The zero-order valence-corrected chi connectivity index (χ0v) is 22.1. The van der Waals surface area contributed by atoms with Crippen molar-refractivity contribution in [2.75, 3.05) is 40.0 Å². The van der Waals surface area contributed by atoms with E-state index in [-0.39, 0.29) is 17.2 Å². The van der Waals surface area contributed by atoms with Crippen LogP contribution in [0.15, 0.2) is 54.7 Å². The molecule has 0 radical (unpaired) electrons. The van der Waals surface area contributed by atoms with Gasteiger partial charge in [0.05, 0.1) is 36.9 Å². The van der Waals surface area contributed by atoms with E-state index in [1.54, 1.807) is 25.4 Å². The standard InChI is InChI=1S/C30H33N5O4/c1-38-29-22(5-4-12-31-29)20-7-9-26(36)23(17-20)27-33-24-8-6-21(18-25(24)34-27)28(37)32-19-30(10-2-3-11-30)35-13-15-39-16-14-35/h4-9,12,17-18,36H,2-3,10-11,13-16,19H2,1H3,(H,32,37)(H,33,34).